The van der Waals surface area contributed by atoms with Crippen LogP contribution in [0.5, 0.6) is 0 Å². The fourth-order valence-corrected chi connectivity index (χ4v) is 2.67. The lowest BCUT2D eigenvalue weighted by molar-refractivity contribution is -0.117. The second-order valence-corrected chi connectivity index (χ2v) is 5.68. The van der Waals surface area contributed by atoms with Gasteiger partial charge in [-0.3, -0.25) is 4.79 Å². The molecule has 1 aliphatic rings. The highest BCUT2D eigenvalue weighted by atomic mass is 35.5. The van der Waals surface area contributed by atoms with E-state index in [-0.39, 0.29) is 36.6 Å². The summed E-state index contributed by atoms with van der Waals surface area (Å²) in [6.07, 6.45) is 0.264. The zero-order chi connectivity index (χ0) is 16.9. The van der Waals surface area contributed by atoms with Crippen LogP contribution in [0.2, 0.25) is 0 Å². The van der Waals surface area contributed by atoms with E-state index in [0.29, 0.717) is 30.0 Å². The summed E-state index contributed by atoms with van der Waals surface area (Å²) in [7, 11) is 0. The van der Waals surface area contributed by atoms with Crippen molar-refractivity contribution in [1.29, 1.82) is 0 Å². The molecule has 3 rings (SSSR count). The topological polar surface area (TPSA) is 50.4 Å². The summed E-state index contributed by atoms with van der Waals surface area (Å²) in [4.78, 5) is 12.2. The van der Waals surface area contributed by atoms with E-state index >= 15 is 0 Å². The lowest BCUT2D eigenvalue weighted by Crippen LogP contribution is -2.43. The number of ether oxygens (including phenoxy) is 1. The van der Waals surface area contributed by atoms with Crippen LogP contribution in [0.3, 0.4) is 0 Å². The van der Waals surface area contributed by atoms with Crippen molar-refractivity contribution in [3.8, 4) is 11.1 Å². The van der Waals surface area contributed by atoms with E-state index in [0.717, 1.165) is 6.54 Å². The first-order valence-electron chi connectivity index (χ1n) is 7.78. The summed E-state index contributed by atoms with van der Waals surface area (Å²) in [6, 6.07) is 9.79. The number of rotatable bonds is 4. The maximum Gasteiger partial charge on any atom is 0.226 e. The van der Waals surface area contributed by atoms with Crippen molar-refractivity contribution in [2.75, 3.05) is 25.1 Å². The van der Waals surface area contributed by atoms with E-state index in [2.05, 4.69) is 10.6 Å². The van der Waals surface area contributed by atoms with Crippen molar-refractivity contribution < 1.29 is 18.3 Å². The number of hydrogen-bond acceptors (Lipinski definition) is 3. The minimum Gasteiger partial charge on any atom is -0.378 e. The summed E-state index contributed by atoms with van der Waals surface area (Å²) >= 11 is 0. The van der Waals surface area contributed by atoms with Crippen LogP contribution in [0, 0.1) is 11.6 Å². The number of morpholine rings is 1. The van der Waals surface area contributed by atoms with Crippen LogP contribution in [0.15, 0.2) is 42.5 Å². The Kier molecular flexibility index (Phi) is 6.87. The molecule has 0 aliphatic carbocycles. The zero-order valence-corrected chi connectivity index (χ0v) is 14.2. The molecule has 1 atom stereocenters. The van der Waals surface area contributed by atoms with Crippen molar-refractivity contribution in [2.24, 2.45) is 0 Å². The average molecular weight is 369 g/mol. The largest absolute Gasteiger partial charge is 0.378 e. The van der Waals surface area contributed by atoms with Crippen molar-refractivity contribution in [1.82, 2.24) is 5.32 Å². The zero-order valence-electron chi connectivity index (χ0n) is 13.4. The monoisotopic (exact) mass is 368 g/mol. The quantitative estimate of drug-likeness (QED) is 0.870. The van der Waals surface area contributed by atoms with Crippen molar-refractivity contribution in [3.05, 3.63) is 54.1 Å². The fourth-order valence-electron chi connectivity index (χ4n) is 2.67. The molecule has 1 fully saturated rings. The molecular weight excluding hydrogens is 350 g/mol. The Balaban J connectivity index is 0.00000225. The molecule has 0 radical (unpaired) electrons. The van der Waals surface area contributed by atoms with Gasteiger partial charge < -0.3 is 15.4 Å². The van der Waals surface area contributed by atoms with Gasteiger partial charge in [-0.1, -0.05) is 12.1 Å². The van der Waals surface area contributed by atoms with E-state index in [4.69, 9.17) is 4.74 Å². The predicted molar refractivity (Wildman–Crippen MR) is 94.9 cm³/mol. The average Bonchev–Trinajstić information content (AvgIpc) is 2.58. The summed E-state index contributed by atoms with van der Waals surface area (Å²) < 4.78 is 32.0. The molecule has 1 heterocycles. The molecule has 2 N–H and O–H groups in total. The van der Waals surface area contributed by atoms with Crippen LogP contribution in [-0.2, 0) is 9.53 Å². The number of carbonyl (C=O) groups is 1. The number of amides is 1. The third-order valence-corrected chi connectivity index (χ3v) is 3.84. The highest BCUT2D eigenvalue weighted by molar-refractivity contribution is 5.95. The molecule has 1 saturated heterocycles. The fraction of sp³-hybridized carbons (Fsp3) is 0.278. The van der Waals surface area contributed by atoms with Crippen LogP contribution >= 0.6 is 12.4 Å². The van der Waals surface area contributed by atoms with Crippen LogP contribution in [0.1, 0.15) is 6.42 Å². The van der Waals surface area contributed by atoms with Gasteiger partial charge in [0.1, 0.15) is 11.6 Å². The van der Waals surface area contributed by atoms with Crippen LogP contribution in [-0.4, -0.2) is 31.7 Å². The number of halogens is 3. The van der Waals surface area contributed by atoms with Gasteiger partial charge in [-0.25, -0.2) is 8.78 Å². The molecule has 0 bridgehead atoms. The maximum absolute atomic E-state index is 13.6. The molecule has 2 aromatic carbocycles. The van der Waals surface area contributed by atoms with E-state index in [1.165, 1.54) is 30.3 Å². The lowest BCUT2D eigenvalue weighted by Gasteiger charge is -2.23. The Labute approximate surface area is 151 Å². The van der Waals surface area contributed by atoms with E-state index < -0.39 is 5.82 Å². The van der Waals surface area contributed by atoms with Gasteiger partial charge in [-0.15, -0.1) is 12.4 Å². The first-order chi connectivity index (χ1) is 11.6. The van der Waals surface area contributed by atoms with E-state index in [9.17, 15) is 13.6 Å². The molecule has 1 aliphatic heterocycles. The lowest BCUT2D eigenvalue weighted by atomic mass is 10.0. The normalized spacial score (nSPS) is 16.8. The summed E-state index contributed by atoms with van der Waals surface area (Å²) in [5, 5.41) is 6.01. The van der Waals surface area contributed by atoms with Gasteiger partial charge in [0.15, 0.2) is 0 Å². The maximum atomic E-state index is 13.6. The smallest absolute Gasteiger partial charge is 0.226 e. The standard InChI is InChI=1S/C18H18F2N2O2.ClH/c19-13-3-1-12(2-4-13)16-9-14(20)5-6-17(16)22-18(23)10-15-11-24-8-7-21-15;/h1-6,9,15,21H,7-8,10-11H2,(H,22,23);1H. The summed E-state index contributed by atoms with van der Waals surface area (Å²) in [5.41, 5.74) is 1.63. The molecule has 0 aromatic heterocycles. The Hall–Kier alpha value is -2.02. The molecule has 2 aromatic rings. The first-order valence-corrected chi connectivity index (χ1v) is 7.78. The molecule has 134 valence electrons. The predicted octanol–water partition coefficient (Wildman–Crippen LogP) is 3.37. The number of hydrogen-bond donors (Lipinski definition) is 2. The van der Waals surface area contributed by atoms with Gasteiger partial charge in [-0.2, -0.15) is 0 Å². The Morgan fingerprint density at radius 3 is 2.56 bits per heavy atom. The van der Waals surface area contributed by atoms with Crippen molar-refractivity contribution in [2.45, 2.75) is 12.5 Å². The SMILES string of the molecule is Cl.O=C(CC1COCCN1)Nc1ccc(F)cc1-c1ccc(F)cc1. The van der Waals surface area contributed by atoms with Crippen LogP contribution in [0.4, 0.5) is 14.5 Å². The summed E-state index contributed by atoms with van der Waals surface area (Å²) in [5.74, 6) is -0.980. The van der Waals surface area contributed by atoms with Crippen LogP contribution < -0.4 is 10.6 Å². The molecule has 0 spiro atoms. The minimum absolute atomic E-state index is 0. The summed E-state index contributed by atoms with van der Waals surface area (Å²) in [6.45, 7) is 1.85. The van der Waals surface area contributed by atoms with Gasteiger partial charge in [0.05, 0.1) is 13.2 Å². The highest BCUT2D eigenvalue weighted by Gasteiger charge is 2.18. The van der Waals surface area contributed by atoms with Crippen LogP contribution in [0.25, 0.3) is 11.1 Å². The number of carbonyl (C=O) groups excluding carboxylic acids is 1. The third kappa shape index (κ3) is 5.22. The van der Waals surface area contributed by atoms with Gasteiger partial charge >= 0.3 is 0 Å². The number of anilines is 1. The van der Waals surface area contributed by atoms with Gasteiger partial charge in [0.25, 0.3) is 0 Å². The molecule has 7 heteroatoms. The molecule has 1 unspecified atom stereocenters. The second kappa shape index (κ2) is 8.89. The van der Waals surface area contributed by atoms with Crippen molar-refractivity contribution >= 4 is 24.0 Å². The second-order valence-electron chi connectivity index (χ2n) is 5.68. The van der Waals surface area contributed by atoms with Gasteiger partial charge in [0.2, 0.25) is 5.91 Å². The van der Waals surface area contributed by atoms with Crippen molar-refractivity contribution in [3.63, 3.8) is 0 Å². The van der Waals surface area contributed by atoms with Gasteiger partial charge in [-0.05, 0) is 35.9 Å². The molecule has 1 amide bonds. The van der Waals surface area contributed by atoms with E-state index in [1.807, 2.05) is 0 Å². The first kappa shape index (κ1) is 19.3. The molecule has 25 heavy (non-hydrogen) atoms. The molecule has 0 saturated carbocycles. The Morgan fingerprint density at radius 2 is 1.88 bits per heavy atom. The highest BCUT2D eigenvalue weighted by Crippen LogP contribution is 2.29. The van der Waals surface area contributed by atoms with E-state index in [1.54, 1.807) is 12.1 Å². The number of benzene rings is 2. The Bertz CT molecular complexity index is 720. The van der Waals surface area contributed by atoms with Gasteiger partial charge in [0, 0.05) is 30.3 Å². The minimum atomic E-state index is -0.422. The Morgan fingerprint density at radius 1 is 1.16 bits per heavy atom. The number of nitrogens with one attached hydrogen (secondary N) is 2. The molecule has 4 nitrogen and oxygen atoms in total. The molecular formula is C18H19ClF2N2O2. The third-order valence-electron chi connectivity index (χ3n) is 3.84.